The molecule has 0 bridgehead atoms. The van der Waals surface area contributed by atoms with Crippen molar-refractivity contribution in [2.45, 2.75) is 26.4 Å². The van der Waals surface area contributed by atoms with Crippen molar-refractivity contribution in [2.24, 2.45) is 0 Å². The summed E-state index contributed by atoms with van der Waals surface area (Å²) in [5.41, 5.74) is 0.938. The van der Waals surface area contributed by atoms with Crippen molar-refractivity contribution in [3.05, 3.63) is 52.7 Å². The largest absolute Gasteiger partial charge is 0.328 e. The number of hydrogen-bond acceptors (Lipinski definition) is 3. The number of anilines is 1. The maximum absolute atomic E-state index is 11.9. The summed E-state index contributed by atoms with van der Waals surface area (Å²) in [7, 11) is 0. The first-order valence-electron chi connectivity index (χ1n) is 6.69. The number of amides is 1. The molecule has 0 aliphatic rings. The van der Waals surface area contributed by atoms with Crippen molar-refractivity contribution in [2.75, 3.05) is 5.32 Å². The fourth-order valence-electron chi connectivity index (χ4n) is 1.97. The molecule has 1 aromatic carbocycles. The number of hydrogen-bond donors (Lipinski definition) is 1. The van der Waals surface area contributed by atoms with E-state index in [-0.39, 0.29) is 18.1 Å². The molecule has 0 radical (unpaired) electrons. The standard InChI is InChI=1S/C15H16N4O2/c1-2-7-18-8-9-19(15(18)21)11-14(20)17-13-5-3-12(10-16)4-6-13/h3-6,8-9H,2,7,11H2,1H3,(H,17,20). The van der Waals surface area contributed by atoms with E-state index >= 15 is 0 Å². The van der Waals surface area contributed by atoms with Gasteiger partial charge < -0.3 is 5.32 Å². The predicted molar refractivity (Wildman–Crippen MR) is 78.8 cm³/mol. The van der Waals surface area contributed by atoms with Crippen LogP contribution in [0.4, 0.5) is 5.69 Å². The van der Waals surface area contributed by atoms with E-state index in [4.69, 9.17) is 5.26 Å². The first-order chi connectivity index (χ1) is 10.1. The summed E-state index contributed by atoms with van der Waals surface area (Å²) >= 11 is 0. The molecule has 0 aliphatic carbocycles. The van der Waals surface area contributed by atoms with Gasteiger partial charge in [0.05, 0.1) is 11.6 Å². The smallest absolute Gasteiger partial charge is 0.325 e. The monoisotopic (exact) mass is 284 g/mol. The van der Waals surface area contributed by atoms with Crippen LogP contribution in [0.2, 0.25) is 0 Å². The first-order valence-corrected chi connectivity index (χ1v) is 6.69. The Labute approximate surface area is 122 Å². The molecule has 0 unspecified atom stereocenters. The van der Waals surface area contributed by atoms with Crippen LogP contribution < -0.4 is 11.0 Å². The van der Waals surface area contributed by atoms with Gasteiger partial charge in [-0.3, -0.25) is 13.9 Å². The van der Waals surface area contributed by atoms with Crippen LogP contribution in [0.3, 0.4) is 0 Å². The molecule has 0 aliphatic heterocycles. The van der Waals surface area contributed by atoms with Gasteiger partial charge in [0.15, 0.2) is 0 Å². The Kier molecular flexibility index (Phi) is 4.57. The molecule has 1 N–H and O–H groups in total. The van der Waals surface area contributed by atoms with Crippen molar-refractivity contribution < 1.29 is 4.79 Å². The molecule has 1 amide bonds. The number of imidazole rings is 1. The number of benzene rings is 1. The highest BCUT2D eigenvalue weighted by Crippen LogP contribution is 2.08. The van der Waals surface area contributed by atoms with Crippen molar-refractivity contribution in [1.29, 1.82) is 5.26 Å². The Balaban J connectivity index is 2.01. The molecular weight excluding hydrogens is 268 g/mol. The molecule has 6 heteroatoms. The summed E-state index contributed by atoms with van der Waals surface area (Å²) in [6, 6.07) is 8.57. The Morgan fingerprint density at radius 2 is 1.90 bits per heavy atom. The van der Waals surface area contributed by atoms with Gasteiger partial charge in [-0.2, -0.15) is 5.26 Å². The maximum atomic E-state index is 11.9. The van der Waals surface area contributed by atoms with Crippen LogP contribution in [0.25, 0.3) is 0 Å². The van der Waals surface area contributed by atoms with Crippen LogP contribution in [0.1, 0.15) is 18.9 Å². The number of nitriles is 1. The van der Waals surface area contributed by atoms with Crippen LogP contribution in [0.15, 0.2) is 41.5 Å². The summed E-state index contributed by atoms with van der Waals surface area (Å²) in [5, 5.41) is 11.4. The Hall–Kier alpha value is -2.81. The summed E-state index contributed by atoms with van der Waals surface area (Å²) in [6.45, 7) is 2.60. The molecule has 0 atom stereocenters. The van der Waals surface area contributed by atoms with Gasteiger partial charge >= 0.3 is 5.69 Å². The molecular formula is C15H16N4O2. The van der Waals surface area contributed by atoms with E-state index in [0.29, 0.717) is 17.8 Å². The van der Waals surface area contributed by atoms with Gasteiger partial charge in [0.1, 0.15) is 6.54 Å². The maximum Gasteiger partial charge on any atom is 0.328 e. The van der Waals surface area contributed by atoms with Gasteiger partial charge in [-0.15, -0.1) is 0 Å². The zero-order valence-corrected chi connectivity index (χ0v) is 11.7. The Morgan fingerprint density at radius 1 is 1.24 bits per heavy atom. The quantitative estimate of drug-likeness (QED) is 0.905. The zero-order valence-electron chi connectivity index (χ0n) is 11.7. The average molecular weight is 284 g/mol. The number of aromatic nitrogens is 2. The van der Waals surface area contributed by atoms with Crippen LogP contribution >= 0.6 is 0 Å². The summed E-state index contributed by atoms with van der Waals surface area (Å²) in [5.74, 6) is -0.281. The number of carbonyl (C=O) groups is 1. The number of nitrogens with zero attached hydrogens (tertiary/aromatic N) is 3. The molecule has 0 spiro atoms. The van der Waals surface area contributed by atoms with Gasteiger partial charge in [0.25, 0.3) is 0 Å². The molecule has 1 heterocycles. The average Bonchev–Trinajstić information content (AvgIpc) is 2.81. The molecule has 108 valence electrons. The third-order valence-corrected chi connectivity index (χ3v) is 2.99. The van der Waals surface area contributed by atoms with Crippen molar-refractivity contribution in [3.8, 4) is 6.07 Å². The molecule has 0 fully saturated rings. The summed E-state index contributed by atoms with van der Waals surface area (Å²) in [4.78, 5) is 23.9. The SMILES string of the molecule is CCCn1ccn(CC(=O)Nc2ccc(C#N)cc2)c1=O. The zero-order chi connectivity index (χ0) is 15.2. The third-order valence-electron chi connectivity index (χ3n) is 2.99. The minimum Gasteiger partial charge on any atom is -0.325 e. The lowest BCUT2D eigenvalue weighted by Gasteiger charge is -2.05. The van der Waals surface area contributed by atoms with Crippen molar-refractivity contribution >= 4 is 11.6 Å². The highest BCUT2D eigenvalue weighted by atomic mass is 16.2. The van der Waals surface area contributed by atoms with Gasteiger partial charge in [-0.25, -0.2) is 4.79 Å². The van der Waals surface area contributed by atoms with Crippen LogP contribution in [0, 0.1) is 11.3 Å². The molecule has 2 aromatic rings. The minimum atomic E-state index is -0.281. The first kappa shape index (κ1) is 14.6. The van der Waals surface area contributed by atoms with E-state index in [1.54, 1.807) is 41.2 Å². The number of carbonyl (C=O) groups excluding carboxylic acids is 1. The second-order valence-electron chi connectivity index (χ2n) is 4.64. The Bertz CT molecular complexity index is 719. The molecule has 1 aromatic heterocycles. The van der Waals surface area contributed by atoms with E-state index in [9.17, 15) is 9.59 Å². The highest BCUT2D eigenvalue weighted by Gasteiger charge is 2.08. The summed E-state index contributed by atoms with van der Waals surface area (Å²) < 4.78 is 2.95. The van der Waals surface area contributed by atoms with Crippen LogP contribution in [0.5, 0.6) is 0 Å². The lowest BCUT2D eigenvalue weighted by atomic mass is 10.2. The lowest BCUT2D eigenvalue weighted by molar-refractivity contribution is -0.116. The minimum absolute atomic E-state index is 0.0322. The second-order valence-corrected chi connectivity index (χ2v) is 4.64. The fourth-order valence-corrected chi connectivity index (χ4v) is 1.97. The second kappa shape index (κ2) is 6.57. The van der Waals surface area contributed by atoms with Gasteiger partial charge in [0.2, 0.25) is 5.91 Å². The van der Waals surface area contributed by atoms with Crippen LogP contribution in [-0.4, -0.2) is 15.0 Å². The van der Waals surface area contributed by atoms with Crippen molar-refractivity contribution in [1.82, 2.24) is 9.13 Å². The topological polar surface area (TPSA) is 79.8 Å². The normalized spacial score (nSPS) is 10.1. The molecule has 2 rings (SSSR count). The van der Waals surface area contributed by atoms with Gasteiger partial charge in [0, 0.05) is 24.6 Å². The fraction of sp³-hybridized carbons (Fsp3) is 0.267. The van der Waals surface area contributed by atoms with Crippen LogP contribution in [-0.2, 0) is 17.9 Å². The van der Waals surface area contributed by atoms with E-state index in [0.717, 1.165) is 6.42 Å². The molecule has 0 saturated carbocycles. The third kappa shape index (κ3) is 3.60. The van der Waals surface area contributed by atoms with Gasteiger partial charge in [-0.1, -0.05) is 6.92 Å². The van der Waals surface area contributed by atoms with Crippen molar-refractivity contribution in [3.63, 3.8) is 0 Å². The predicted octanol–water partition coefficient (Wildman–Crippen LogP) is 1.57. The van der Waals surface area contributed by atoms with E-state index < -0.39 is 0 Å². The number of rotatable bonds is 5. The molecule has 0 saturated heterocycles. The molecule has 21 heavy (non-hydrogen) atoms. The summed E-state index contributed by atoms with van der Waals surface area (Å²) in [6.07, 6.45) is 4.15. The lowest BCUT2D eigenvalue weighted by Crippen LogP contribution is -2.29. The Morgan fingerprint density at radius 3 is 2.52 bits per heavy atom. The number of aryl methyl sites for hydroxylation is 1. The van der Waals surface area contributed by atoms with E-state index in [2.05, 4.69) is 5.32 Å². The van der Waals surface area contributed by atoms with Gasteiger partial charge in [-0.05, 0) is 30.7 Å². The highest BCUT2D eigenvalue weighted by molar-refractivity contribution is 5.90. The van der Waals surface area contributed by atoms with E-state index in [1.165, 1.54) is 4.57 Å². The van der Waals surface area contributed by atoms with E-state index in [1.807, 2.05) is 13.0 Å². The number of nitrogens with one attached hydrogen (secondary N) is 1. The molecule has 6 nitrogen and oxygen atoms in total.